The van der Waals surface area contributed by atoms with Crippen LogP contribution in [0.25, 0.3) is 0 Å². The van der Waals surface area contributed by atoms with Crippen LogP contribution in [0.3, 0.4) is 0 Å². The summed E-state index contributed by atoms with van der Waals surface area (Å²) < 4.78 is 29.7. The van der Waals surface area contributed by atoms with Gasteiger partial charge in [0.25, 0.3) is 15.7 Å². The molecule has 0 amide bonds. The number of nitrogens with one attached hydrogen (secondary N) is 2. The molecule has 0 saturated heterocycles. The minimum atomic E-state index is -4.03. The first-order valence-corrected chi connectivity index (χ1v) is 8.66. The summed E-state index contributed by atoms with van der Waals surface area (Å²) in [5.74, 6) is 0.491. The van der Waals surface area contributed by atoms with Crippen molar-refractivity contribution in [3.63, 3.8) is 0 Å². The number of hydrogen-bond donors (Lipinski definition) is 2. The van der Waals surface area contributed by atoms with E-state index in [9.17, 15) is 28.6 Å². The van der Waals surface area contributed by atoms with Crippen molar-refractivity contribution in [3.05, 3.63) is 62.7 Å². The predicted octanol–water partition coefficient (Wildman–Crippen LogP) is 2.21. The highest BCUT2D eigenvalue weighted by Crippen LogP contribution is 2.28. The molecule has 2 aromatic rings. The fourth-order valence-corrected chi connectivity index (χ4v) is 2.81. The van der Waals surface area contributed by atoms with Gasteiger partial charge in [-0.25, -0.2) is 8.42 Å². The Hall–Kier alpha value is -3.25. The SMILES string of the molecule is CCOc1ccc(S(=O)(=O)NNc2ccc([N+](=O)[O-])cc2[N+](=O)[O-])cc1. The normalized spacial score (nSPS) is 11.0. The Morgan fingerprint density at radius 3 is 2.23 bits per heavy atom. The highest BCUT2D eigenvalue weighted by Gasteiger charge is 2.21. The summed E-state index contributed by atoms with van der Waals surface area (Å²) in [6.07, 6.45) is 0. The third-order valence-electron chi connectivity index (χ3n) is 3.15. The van der Waals surface area contributed by atoms with Gasteiger partial charge in [-0.2, -0.15) is 0 Å². The standard InChI is InChI=1S/C14H14N4O7S/c1-2-25-11-4-6-12(7-5-11)26(23,24)16-15-13-8-3-10(17(19)20)9-14(13)18(21)22/h3-9,15-16H,2H2,1H3. The van der Waals surface area contributed by atoms with Gasteiger partial charge in [-0.3, -0.25) is 20.2 Å². The minimum Gasteiger partial charge on any atom is -0.494 e. The Morgan fingerprint density at radius 1 is 1.04 bits per heavy atom. The summed E-state index contributed by atoms with van der Waals surface area (Å²) in [5, 5.41) is 21.7. The molecular formula is C14H14N4O7S. The highest BCUT2D eigenvalue weighted by atomic mass is 32.2. The quantitative estimate of drug-likeness (QED) is 0.520. The Balaban J connectivity index is 2.21. The summed E-state index contributed by atoms with van der Waals surface area (Å²) in [4.78, 5) is 22.0. The van der Waals surface area contributed by atoms with Gasteiger partial charge in [0.2, 0.25) is 0 Å². The smallest absolute Gasteiger partial charge is 0.300 e. The number of sulfonamides is 1. The van der Waals surface area contributed by atoms with Crippen LogP contribution < -0.4 is 15.0 Å². The van der Waals surface area contributed by atoms with Gasteiger partial charge in [-0.15, -0.1) is 4.83 Å². The van der Waals surface area contributed by atoms with Crippen LogP contribution >= 0.6 is 0 Å². The summed E-state index contributed by atoms with van der Waals surface area (Å²) in [7, 11) is -4.03. The Kier molecular flexibility index (Phi) is 5.69. The zero-order chi connectivity index (χ0) is 19.3. The van der Waals surface area contributed by atoms with Gasteiger partial charge in [0.1, 0.15) is 11.4 Å². The molecule has 12 heteroatoms. The van der Waals surface area contributed by atoms with Gasteiger partial charge in [-0.1, -0.05) is 0 Å². The molecule has 2 N–H and O–H groups in total. The molecule has 0 spiro atoms. The summed E-state index contributed by atoms with van der Waals surface area (Å²) in [6, 6.07) is 8.32. The molecule has 0 saturated carbocycles. The van der Waals surface area contributed by atoms with Crippen LogP contribution in [0.1, 0.15) is 6.92 Å². The number of nitro benzene ring substituents is 2. The van der Waals surface area contributed by atoms with E-state index >= 15 is 0 Å². The fourth-order valence-electron chi connectivity index (χ4n) is 1.95. The van der Waals surface area contributed by atoms with Crippen molar-refractivity contribution >= 4 is 27.1 Å². The first-order chi connectivity index (χ1) is 12.2. The second-order valence-corrected chi connectivity index (χ2v) is 6.53. The van der Waals surface area contributed by atoms with E-state index in [1.807, 2.05) is 4.83 Å². The third-order valence-corrected chi connectivity index (χ3v) is 4.42. The maximum atomic E-state index is 12.2. The Morgan fingerprint density at radius 2 is 1.69 bits per heavy atom. The minimum absolute atomic E-state index is 0.0991. The third kappa shape index (κ3) is 4.43. The van der Waals surface area contributed by atoms with Gasteiger partial charge < -0.3 is 10.2 Å². The molecule has 0 aliphatic heterocycles. The maximum absolute atomic E-state index is 12.2. The molecule has 0 fully saturated rings. The summed E-state index contributed by atoms with van der Waals surface area (Å²) in [5.41, 5.74) is 0.831. The average molecular weight is 382 g/mol. The monoisotopic (exact) mass is 382 g/mol. The van der Waals surface area contributed by atoms with Crippen molar-refractivity contribution in [3.8, 4) is 5.75 Å². The van der Waals surface area contributed by atoms with Crippen molar-refractivity contribution in [2.45, 2.75) is 11.8 Å². The van der Waals surface area contributed by atoms with Crippen molar-refractivity contribution in [2.24, 2.45) is 0 Å². The number of non-ortho nitro benzene ring substituents is 1. The predicted molar refractivity (Wildman–Crippen MR) is 91.3 cm³/mol. The molecule has 2 rings (SSSR count). The molecule has 0 radical (unpaired) electrons. The number of ether oxygens (including phenoxy) is 1. The molecule has 2 aromatic carbocycles. The zero-order valence-electron chi connectivity index (χ0n) is 13.4. The number of anilines is 1. The van der Waals surface area contributed by atoms with Crippen molar-refractivity contribution in [1.29, 1.82) is 0 Å². The first-order valence-electron chi connectivity index (χ1n) is 7.18. The molecule has 0 unspecified atom stereocenters. The van der Waals surface area contributed by atoms with E-state index in [-0.39, 0.29) is 10.6 Å². The lowest BCUT2D eigenvalue weighted by atomic mass is 10.2. The summed E-state index contributed by atoms with van der Waals surface area (Å²) >= 11 is 0. The zero-order valence-corrected chi connectivity index (χ0v) is 14.2. The second-order valence-electron chi connectivity index (χ2n) is 4.85. The number of hydrogen-bond acceptors (Lipinski definition) is 8. The van der Waals surface area contributed by atoms with Crippen LogP contribution in [0.4, 0.5) is 17.1 Å². The lowest BCUT2D eigenvalue weighted by Crippen LogP contribution is -2.29. The number of hydrazine groups is 1. The molecular weight excluding hydrogens is 368 g/mol. The van der Waals surface area contributed by atoms with Gasteiger partial charge in [0.15, 0.2) is 0 Å². The Bertz CT molecular complexity index is 929. The van der Waals surface area contributed by atoms with Gasteiger partial charge in [0, 0.05) is 6.07 Å². The van der Waals surface area contributed by atoms with Gasteiger partial charge in [0.05, 0.1) is 27.4 Å². The van der Waals surface area contributed by atoms with Crippen LogP contribution in [0.15, 0.2) is 47.4 Å². The highest BCUT2D eigenvalue weighted by molar-refractivity contribution is 7.89. The van der Waals surface area contributed by atoms with E-state index in [1.54, 1.807) is 6.92 Å². The molecule has 0 bridgehead atoms. The Labute approximate surface area is 147 Å². The lowest BCUT2D eigenvalue weighted by molar-refractivity contribution is -0.393. The van der Waals surface area contributed by atoms with E-state index in [0.717, 1.165) is 18.2 Å². The van der Waals surface area contributed by atoms with Crippen molar-refractivity contribution in [2.75, 3.05) is 12.0 Å². The number of nitro groups is 2. The van der Waals surface area contributed by atoms with Crippen LogP contribution in [0, 0.1) is 20.2 Å². The molecule has 0 aromatic heterocycles. The lowest BCUT2D eigenvalue weighted by Gasteiger charge is -2.10. The largest absolute Gasteiger partial charge is 0.494 e. The molecule has 11 nitrogen and oxygen atoms in total. The van der Waals surface area contributed by atoms with Crippen LogP contribution in [0.5, 0.6) is 5.75 Å². The van der Waals surface area contributed by atoms with Crippen LogP contribution in [-0.2, 0) is 10.0 Å². The molecule has 0 aliphatic carbocycles. The maximum Gasteiger partial charge on any atom is 0.300 e. The van der Waals surface area contributed by atoms with E-state index in [2.05, 4.69) is 5.43 Å². The molecule has 0 atom stereocenters. The van der Waals surface area contributed by atoms with Gasteiger partial charge in [-0.05, 0) is 37.3 Å². The van der Waals surface area contributed by atoms with Crippen molar-refractivity contribution in [1.82, 2.24) is 4.83 Å². The molecule has 138 valence electrons. The van der Waals surface area contributed by atoms with Crippen LogP contribution in [-0.4, -0.2) is 24.9 Å². The molecule has 0 aliphatic rings. The number of nitrogens with zero attached hydrogens (tertiary/aromatic N) is 2. The van der Waals surface area contributed by atoms with Gasteiger partial charge >= 0.3 is 5.69 Å². The molecule has 0 heterocycles. The average Bonchev–Trinajstić information content (AvgIpc) is 2.60. The number of rotatable bonds is 8. The number of benzene rings is 2. The first kappa shape index (κ1) is 19.1. The fraction of sp³-hybridized carbons (Fsp3) is 0.143. The van der Waals surface area contributed by atoms with E-state index < -0.39 is 31.2 Å². The van der Waals surface area contributed by atoms with Crippen molar-refractivity contribution < 1.29 is 23.0 Å². The topological polar surface area (TPSA) is 154 Å². The molecule has 26 heavy (non-hydrogen) atoms. The van der Waals surface area contributed by atoms with Crippen LogP contribution in [0.2, 0.25) is 0 Å². The second kappa shape index (κ2) is 7.76. The van der Waals surface area contributed by atoms with E-state index in [1.165, 1.54) is 24.3 Å². The van der Waals surface area contributed by atoms with E-state index in [4.69, 9.17) is 4.74 Å². The summed E-state index contributed by atoms with van der Waals surface area (Å²) in [6.45, 7) is 2.21. The van der Waals surface area contributed by atoms with E-state index in [0.29, 0.717) is 12.4 Å².